The molecule has 0 saturated carbocycles. The fourth-order valence-electron chi connectivity index (χ4n) is 4.17. The van der Waals surface area contributed by atoms with Gasteiger partial charge in [-0.2, -0.15) is 5.10 Å². The number of benzene rings is 2. The van der Waals surface area contributed by atoms with Crippen LogP contribution in [0.15, 0.2) is 47.3 Å². The van der Waals surface area contributed by atoms with Crippen LogP contribution in [-0.2, 0) is 24.8 Å². The molecule has 3 aromatic rings. The molecule has 1 aromatic heterocycles. The number of aromatic nitrogens is 2. The molecule has 1 amide bonds. The van der Waals surface area contributed by atoms with E-state index in [1.54, 1.807) is 26.3 Å². The van der Waals surface area contributed by atoms with Gasteiger partial charge >= 0.3 is 0 Å². The highest BCUT2D eigenvalue weighted by Crippen LogP contribution is 2.18. The smallest absolute Gasteiger partial charge is 0.274 e. The largest absolute Gasteiger partial charge is 0.496 e. The van der Waals surface area contributed by atoms with Crippen LogP contribution in [0.1, 0.15) is 11.3 Å². The molecule has 0 atom stereocenters. The predicted molar refractivity (Wildman–Crippen MR) is 115 cm³/mol. The summed E-state index contributed by atoms with van der Waals surface area (Å²) >= 11 is 0. The number of nitrogens with one attached hydrogen (secondary N) is 1. The minimum Gasteiger partial charge on any atom is -0.496 e. The summed E-state index contributed by atoms with van der Waals surface area (Å²) in [6.07, 6.45) is 0.154. The van der Waals surface area contributed by atoms with Crippen molar-refractivity contribution in [1.29, 1.82) is 0 Å². The molecule has 1 saturated heterocycles. The number of aryl methyl sites for hydroxylation is 1. The Labute approximate surface area is 179 Å². The molecule has 0 radical (unpaired) electrons. The molecule has 1 N–H and O–H groups in total. The van der Waals surface area contributed by atoms with Crippen molar-refractivity contribution in [3.05, 3.63) is 69.9 Å². The number of carbonyl (C=O) groups excluding carboxylic acids is 1. The van der Waals surface area contributed by atoms with E-state index in [-0.39, 0.29) is 23.7 Å². The van der Waals surface area contributed by atoms with E-state index in [9.17, 15) is 14.0 Å². The van der Waals surface area contributed by atoms with Crippen LogP contribution >= 0.6 is 0 Å². The fourth-order valence-corrected chi connectivity index (χ4v) is 4.17. The first-order valence-electron chi connectivity index (χ1n) is 10.3. The number of nitrogens with zero attached hydrogens (tertiary/aromatic N) is 3. The van der Waals surface area contributed by atoms with Gasteiger partial charge in [0, 0.05) is 12.4 Å². The number of halogens is 1. The zero-order valence-electron chi connectivity index (χ0n) is 17.7. The molecule has 1 aliphatic heterocycles. The third-order valence-corrected chi connectivity index (χ3v) is 5.86. The normalized spacial score (nSPS) is 14.7. The summed E-state index contributed by atoms with van der Waals surface area (Å²) in [6, 6.07) is 11.8. The summed E-state index contributed by atoms with van der Waals surface area (Å²) in [6.45, 7) is 3.43. The van der Waals surface area contributed by atoms with Crippen molar-refractivity contribution >= 4 is 16.7 Å². The maximum Gasteiger partial charge on any atom is 0.274 e. The molecule has 2 aromatic carbocycles. The number of amides is 1. The number of hydrogen-bond acceptors (Lipinski definition) is 4. The second-order valence-corrected chi connectivity index (χ2v) is 7.86. The zero-order chi connectivity index (χ0) is 22.0. The summed E-state index contributed by atoms with van der Waals surface area (Å²) in [5, 5.41) is 5.63. The van der Waals surface area contributed by atoms with Gasteiger partial charge in [0.1, 0.15) is 18.1 Å². The van der Waals surface area contributed by atoms with E-state index in [0.717, 1.165) is 24.0 Å². The number of carbonyl (C=O) groups is 1. The van der Waals surface area contributed by atoms with E-state index in [0.29, 0.717) is 36.5 Å². The third-order valence-electron chi connectivity index (χ3n) is 5.86. The molecular formula is C23H26FN4O3+. The molecule has 31 heavy (non-hydrogen) atoms. The lowest BCUT2D eigenvalue weighted by Crippen LogP contribution is -3.13. The number of quaternary nitrogens is 1. The second kappa shape index (κ2) is 8.85. The number of hydrogen-bond donors (Lipinski definition) is 1. The quantitative estimate of drug-likeness (QED) is 0.648. The summed E-state index contributed by atoms with van der Waals surface area (Å²) in [4.78, 5) is 28.3. The average Bonchev–Trinajstić information content (AvgIpc) is 2.78. The van der Waals surface area contributed by atoms with Crippen molar-refractivity contribution in [2.24, 2.45) is 7.05 Å². The van der Waals surface area contributed by atoms with Gasteiger partial charge in [-0.3, -0.25) is 9.59 Å². The number of piperazine rings is 1. The molecule has 0 unspecified atom stereocenters. The molecular weight excluding hydrogens is 399 g/mol. The van der Waals surface area contributed by atoms with Crippen molar-refractivity contribution in [2.75, 3.05) is 33.3 Å². The maximum absolute atomic E-state index is 13.6. The highest BCUT2D eigenvalue weighted by molar-refractivity contribution is 5.88. The molecule has 8 heteroatoms. The molecule has 162 valence electrons. The Morgan fingerprint density at radius 2 is 1.87 bits per heavy atom. The fraction of sp³-hybridized carbons (Fsp3) is 0.348. The first-order chi connectivity index (χ1) is 15.0. The van der Waals surface area contributed by atoms with Gasteiger partial charge in [0.2, 0.25) is 5.91 Å². The molecule has 7 nitrogen and oxygen atoms in total. The summed E-state index contributed by atoms with van der Waals surface area (Å²) < 4.78 is 20.3. The van der Waals surface area contributed by atoms with E-state index in [2.05, 4.69) is 5.10 Å². The van der Waals surface area contributed by atoms with Crippen LogP contribution in [0.25, 0.3) is 10.8 Å². The van der Waals surface area contributed by atoms with Gasteiger partial charge < -0.3 is 14.5 Å². The summed E-state index contributed by atoms with van der Waals surface area (Å²) in [7, 11) is 3.19. The second-order valence-electron chi connectivity index (χ2n) is 7.86. The number of rotatable bonds is 5. The molecule has 4 rings (SSSR count). The lowest BCUT2D eigenvalue weighted by atomic mass is 10.1. The Morgan fingerprint density at radius 1 is 1.16 bits per heavy atom. The van der Waals surface area contributed by atoms with Crippen molar-refractivity contribution < 1.29 is 18.8 Å². The first kappa shape index (κ1) is 21.0. The number of ether oxygens (including phenoxy) is 1. The topological polar surface area (TPSA) is 68.9 Å². The van der Waals surface area contributed by atoms with Gasteiger partial charge in [0.25, 0.3) is 5.56 Å². The Hall–Kier alpha value is -3.26. The van der Waals surface area contributed by atoms with E-state index < -0.39 is 0 Å². The van der Waals surface area contributed by atoms with Gasteiger partial charge in [0.05, 0.1) is 56.4 Å². The standard InChI is InChI=1S/C23H25FN4O3/c1-26-23(30)19-6-4-3-5-18(19)20(25-26)14-22(29)28-11-9-27(10-12-28)15-16-13-17(24)7-8-21(16)31-2/h3-8,13H,9-12,14-15H2,1-2H3/p+1. The van der Waals surface area contributed by atoms with Gasteiger partial charge in [-0.15, -0.1) is 0 Å². The molecule has 0 aliphatic carbocycles. The minimum absolute atomic E-state index is 0.00121. The van der Waals surface area contributed by atoms with Crippen LogP contribution in [0.3, 0.4) is 0 Å². The van der Waals surface area contributed by atoms with E-state index in [1.165, 1.54) is 21.7 Å². The molecule has 2 heterocycles. The van der Waals surface area contributed by atoms with Gasteiger partial charge in [0.15, 0.2) is 0 Å². The monoisotopic (exact) mass is 425 g/mol. The van der Waals surface area contributed by atoms with E-state index >= 15 is 0 Å². The highest BCUT2D eigenvalue weighted by atomic mass is 19.1. The molecule has 0 spiro atoms. The Balaban J connectivity index is 1.42. The molecule has 1 fully saturated rings. The Kier molecular flexibility index (Phi) is 5.99. The van der Waals surface area contributed by atoms with Crippen LogP contribution in [0.4, 0.5) is 4.39 Å². The van der Waals surface area contributed by atoms with Gasteiger partial charge in [-0.25, -0.2) is 9.07 Å². The number of methoxy groups -OCH3 is 1. The highest BCUT2D eigenvalue weighted by Gasteiger charge is 2.25. The minimum atomic E-state index is -0.277. The van der Waals surface area contributed by atoms with E-state index in [4.69, 9.17) is 4.74 Å². The van der Waals surface area contributed by atoms with Crippen LogP contribution in [0.2, 0.25) is 0 Å². The first-order valence-corrected chi connectivity index (χ1v) is 10.3. The number of fused-ring (bicyclic) bond motifs is 1. The van der Waals surface area contributed by atoms with E-state index in [1.807, 2.05) is 23.1 Å². The Morgan fingerprint density at radius 3 is 2.58 bits per heavy atom. The van der Waals surface area contributed by atoms with Crippen LogP contribution < -0.4 is 15.2 Å². The lowest BCUT2D eigenvalue weighted by Gasteiger charge is -2.32. The van der Waals surface area contributed by atoms with Crippen LogP contribution in [-0.4, -0.2) is 53.9 Å². The summed E-state index contributed by atoms with van der Waals surface area (Å²) in [5.74, 6) is 0.403. The SMILES string of the molecule is COc1ccc(F)cc1C[NH+]1CCN(C(=O)Cc2nn(C)c(=O)c3ccccc23)CC1. The Bertz CT molecular complexity index is 1170. The van der Waals surface area contributed by atoms with Gasteiger partial charge in [-0.05, 0) is 24.3 Å². The van der Waals surface area contributed by atoms with Crippen LogP contribution in [0, 0.1) is 5.82 Å². The van der Waals surface area contributed by atoms with Gasteiger partial charge in [-0.1, -0.05) is 18.2 Å². The van der Waals surface area contributed by atoms with Crippen LogP contribution in [0.5, 0.6) is 5.75 Å². The molecule has 0 bridgehead atoms. The zero-order valence-corrected chi connectivity index (χ0v) is 17.7. The predicted octanol–water partition coefficient (Wildman–Crippen LogP) is 0.551. The average molecular weight is 425 g/mol. The van der Waals surface area contributed by atoms with Crippen molar-refractivity contribution in [3.8, 4) is 5.75 Å². The third kappa shape index (κ3) is 4.44. The maximum atomic E-state index is 13.6. The van der Waals surface area contributed by atoms with Crippen molar-refractivity contribution in [1.82, 2.24) is 14.7 Å². The summed E-state index contributed by atoms with van der Waals surface area (Å²) in [5.41, 5.74) is 1.27. The van der Waals surface area contributed by atoms with Crippen molar-refractivity contribution in [2.45, 2.75) is 13.0 Å². The van der Waals surface area contributed by atoms with Crippen molar-refractivity contribution in [3.63, 3.8) is 0 Å². The molecule has 1 aliphatic rings. The lowest BCUT2D eigenvalue weighted by molar-refractivity contribution is -0.917.